The van der Waals surface area contributed by atoms with Crippen LogP contribution in [0.15, 0.2) is 79.1 Å². The van der Waals surface area contributed by atoms with Crippen LogP contribution in [0.1, 0.15) is 28.9 Å². The molecule has 2 aliphatic carbocycles. The number of allylic oxidation sites excluding steroid dienone is 1. The molecule has 29 heavy (non-hydrogen) atoms. The van der Waals surface area contributed by atoms with E-state index >= 15 is 0 Å². The Kier molecular flexibility index (Phi) is 3.66. The summed E-state index contributed by atoms with van der Waals surface area (Å²) in [6.07, 6.45) is 9.39. The van der Waals surface area contributed by atoms with Gasteiger partial charge in [0.15, 0.2) is 0 Å². The Bertz CT molecular complexity index is 1260. The second kappa shape index (κ2) is 6.49. The lowest BCUT2D eigenvalue weighted by Crippen LogP contribution is -2.05. The quantitative estimate of drug-likeness (QED) is 0.410. The van der Waals surface area contributed by atoms with Crippen molar-refractivity contribution in [3.8, 4) is 16.8 Å². The van der Waals surface area contributed by atoms with E-state index in [2.05, 4.69) is 93.7 Å². The van der Waals surface area contributed by atoms with Gasteiger partial charge in [-0.3, -0.25) is 0 Å². The molecule has 3 heteroatoms. The molecule has 0 bridgehead atoms. The average Bonchev–Trinajstić information content (AvgIpc) is 3.36. The van der Waals surface area contributed by atoms with Crippen LogP contribution in [0.25, 0.3) is 22.9 Å². The summed E-state index contributed by atoms with van der Waals surface area (Å²) in [5.74, 6) is 0. The van der Waals surface area contributed by atoms with E-state index in [-0.39, 0.29) is 0 Å². The van der Waals surface area contributed by atoms with E-state index < -0.39 is 0 Å². The minimum Gasteiger partial charge on any atom is -0.354 e. The van der Waals surface area contributed by atoms with E-state index in [4.69, 9.17) is 0 Å². The lowest BCUT2D eigenvalue weighted by Gasteiger charge is -2.16. The molecule has 1 N–H and O–H groups in total. The lowest BCUT2D eigenvalue weighted by atomic mass is 10.1. The van der Waals surface area contributed by atoms with Gasteiger partial charge in [-0.2, -0.15) is 0 Å². The molecule has 0 radical (unpaired) electrons. The standard InChI is InChI=1S/C26H21N3/c1-2-8-21-18(7-1)15-19-13-14-20(16-22(19)21)28-24-10-4-6-12-26(24)29-17-27-23-9-3-5-11-25(23)29/h1-4,6-10,12-14,16-17,28H,5,11,15H2. The van der Waals surface area contributed by atoms with Gasteiger partial charge >= 0.3 is 0 Å². The molecule has 0 unspecified atom stereocenters. The SMILES string of the molecule is C1=Cc2ncn(-c3ccccc3Nc3ccc4c(c3)-c3ccccc3C4)c2CC1. The molecule has 3 nitrogen and oxygen atoms in total. The molecule has 0 saturated carbocycles. The van der Waals surface area contributed by atoms with Gasteiger partial charge in [0.05, 0.1) is 22.8 Å². The maximum atomic E-state index is 4.60. The minimum absolute atomic E-state index is 1.02. The molecule has 0 atom stereocenters. The number of nitrogens with one attached hydrogen (secondary N) is 1. The first-order chi connectivity index (χ1) is 14.4. The molecule has 1 heterocycles. The predicted molar refractivity (Wildman–Crippen MR) is 119 cm³/mol. The second-order valence-corrected chi connectivity index (χ2v) is 7.74. The molecule has 0 saturated heterocycles. The second-order valence-electron chi connectivity index (χ2n) is 7.74. The summed E-state index contributed by atoms with van der Waals surface area (Å²) in [6.45, 7) is 0. The van der Waals surface area contributed by atoms with Crippen molar-refractivity contribution in [3.05, 3.63) is 102 Å². The van der Waals surface area contributed by atoms with E-state index in [0.29, 0.717) is 0 Å². The Hall–Kier alpha value is -3.59. The predicted octanol–water partition coefficient (Wildman–Crippen LogP) is 6.15. The van der Waals surface area contributed by atoms with Crippen LogP contribution in [-0.2, 0) is 12.8 Å². The van der Waals surface area contributed by atoms with Crippen LogP contribution in [0.4, 0.5) is 11.4 Å². The van der Waals surface area contributed by atoms with Gasteiger partial charge in [-0.15, -0.1) is 0 Å². The fourth-order valence-electron chi connectivity index (χ4n) is 4.54. The van der Waals surface area contributed by atoms with Crippen molar-refractivity contribution in [1.29, 1.82) is 0 Å². The van der Waals surface area contributed by atoms with Gasteiger partial charge in [0.1, 0.15) is 6.33 Å². The molecule has 0 spiro atoms. The monoisotopic (exact) mass is 375 g/mol. The smallest absolute Gasteiger partial charge is 0.100 e. The van der Waals surface area contributed by atoms with Crippen molar-refractivity contribution in [1.82, 2.24) is 9.55 Å². The van der Waals surface area contributed by atoms with Crippen LogP contribution in [0.5, 0.6) is 0 Å². The fourth-order valence-corrected chi connectivity index (χ4v) is 4.54. The van der Waals surface area contributed by atoms with Crippen molar-refractivity contribution < 1.29 is 0 Å². The molecule has 4 aromatic rings. The Morgan fingerprint density at radius 2 is 1.72 bits per heavy atom. The molecule has 0 fully saturated rings. The molecular formula is C26H21N3. The first-order valence-corrected chi connectivity index (χ1v) is 10.2. The number of nitrogens with zero attached hydrogens (tertiary/aromatic N) is 2. The molecule has 140 valence electrons. The van der Waals surface area contributed by atoms with Gasteiger partial charge < -0.3 is 9.88 Å². The summed E-state index contributed by atoms with van der Waals surface area (Å²) in [5.41, 5.74) is 11.2. The third-order valence-corrected chi connectivity index (χ3v) is 5.96. The normalized spacial score (nSPS) is 13.7. The zero-order valence-electron chi connectivity index (χ0n) is 16.1. The van der Waals surface area contributed by atoms with Crippen LogP contribution >= 0.6 is 0 Å². The third kappa shape index (κ3) is 2.70. The van der Waals surface area contributed by atoms with Crippen LogP contribution < -0.4 is 5.32 Å². The molecule has 1 aromatic heterocycles. The van der Waals surface area contributed by atoms with Gasteiger partial charge in [0.2, 0.25) is 0 Å². The summed E-state index contributed by atoms with van der Waals surface area (Å²) in [4.78, 5) is 4.60. The first kappa shape index (κ1) is 16.4. The van der Waals surface area contributed by atoms with Crippen molar-refractivity contribution >= 4 is 17.5 Å². The third-order valence-electron chi connectivity index (χ3n) is 5.96. The number of para-hydroxylation sites is 2. The van der Waals surface area contributed by atoms with E-state index in [9.17, 15) is 0 Å². The number of imidazole rings is 1. The number of rotatable bonds is 3. The Labute approximate surface area is 170 Å². The maximum absolute atomic E-state index is 4.60. The van der Waals surface area contributed by atoms with Crippen molar-refractivity contribution in [2.75, 3.05) is 5.32 Å². The molecule has 0 aliphatic heterocycles. The van der Waals surface area contributed by atoms with Gasteiger partial charge in [0, 0.05) is 5.69 Å². The number of fused-ring (bicyclic) bond motifs is 4. The highest BCUT2D eigenvalue weighted by atomic mass is 15.1. The molecule has 0 amide bonds. The van der Waals surface area contributed by atoms with E-state index in [1.165, 1.54) is 27.9 Å². The number of aromatic nitrogens is 2. The van der Waals surface area contributed by atoms with Crippen LogP contribution in [0, 0.1) is 0 Å². The van der Waals surface area contributed by atoms with E-state index in [1.807, 2.05) is 6.33 Å². The zero-order chi connectivity index (χ0) is 19.2. The van der Waals surface area contributed by atoms with E-state index in [1.54, 1.807) is 0 Å². The van der Waals surface area contributed by atoms with Crippen LogP contribution in [-0.4, -0.2) is 9.55 Å². The highest BCUT2D eigenvalue weighted by Gasteiger charge is 2.19. The van der Waals surface area contributed by atoms with E-state index in [0.717, 1.165) is 42.0 Å². The molecular weight excluding hydrogens is 354 g/mol. The largest absolute Gasteiger partial charge is 0.354 e. The molecule has 6 rings (SSSR count). The van der Waals surface area contributed by atoms with Crippen LogP contribution in [0.2, 0.25) is 0 Å². The van der Waals surface area contributed by atoms with Gasteiger partial charge in [-0.25, -0.2) is 4.98 Å². The summed E-state index contributed by atoms with van der Waals surface area (Å²) in [6, 6.07) is 23.9. The summed E-state index contributed by atoms with van der Waals surface area (Å²) in [5, 5.41) is 3.66. The topological polar surface area (TPSA) is 29.9 Å². The van der Waals surface area contributed by atoms with Crippen molar-refractivity contribution in [3.63, 3.8) is 0 Å². The van der Waals surface area contributed by atoms with Gasteiger partial charge in [-0.1, -0.05) is 48.5 Å². The Balaban J connectivity index is 1.39. The van der Waals surface area contributed by atoms with Gasteiger partial charge in [-0.05, 0) is 71.9 Å². The fraction of sp³-hybridized carbons (Fsp3) is 0.115. The maximum Gasteiger partial charge on any atom is 0.100 e. The summed E-state index contributed by atoms with van der Waals surface area (Å²) < 4.78 is 2.23. The van der Waals surface area contributed by atoms with Crippen molar-refractivity contribution in [2.24, 2.45) is 0 Å². The lowest BCUT2D eigenvalue weighted by molar-refractivity contribution is 0.875. The molecule has 3 aromatic carbocycles. The zero-order valence-corrected chi connectivity index (χ0v) is 16.1. The van der Waals surface area contributed by atoms with Crippen LogP contribution in [0.3, 0.4) is 0 Å². The highest BCUT2D eigenvalue weighted by molar-refractivity contribution is 5.81. The summed E-state index contributed by atoms with van der Waals surface area (Å²) >= 11 is 0. The number of hydrogen-bond donors (Lipinski definition) is 1. The average molecular weight is 375 g/mol. The van der Waals surface area contributed by atoms with Crippen molar-refractivity contribution in [2.45, 2.75) is 19.3 Å². The highest BCUT2D eigenvalue weighted by Crippen LogP contribution is 2.38. The van der Waals surface area contributed by atoms with Gasteiger partial charge in [0.25, 0.3) is 0 Å². The Morgan fingerprint density at radius 1 is 0.862 bits per heavy atom. The first-order valence-electron chi connectivity index (χ1n) is 10.2. The minimum atomic E-state index is 1.02. The Morgan fingerprint density at radius 3 is 2.72 bits per heavy atom. The summed E-state index contributed by atoms with van der Waals surface area (Å²) in [7, 11) is 0. The molecule has 2 aliphatic rings. The number of benzene rings is 3. The number of hydrogen-bond acceptors (Lipinski definition) is 2. The number of anilines is 2.